The van der Waals surface area contributed by atoms with Crippen LogP contribution in [0.1, 0.15) is 74.0 Å². The third kappa shape index (κ3) is 11.6. The van der Waals surface area contributed by atoms with Gasteiger partial charge in [-0.1, -0.05) is 26.0 Å². The average molecular weight is 836 g/mol. The van der Waals surface area contributed by atoms with Crippen molar-refractivity contribution in [2.45, 2.75) is 71.0 Å². The number of carbonyl (C=O) groups excluding carboxylic acids is 5. The van der Waals surface area contributed by atoms with Crippen LogP contribution in [0, 0.1) is 5.82 Å². The maximum atomic E-state index is 14.0. The van der Waals surface area contributed by atoms with Gasteiger partial charge in [-0.05, 0) is 49.6 Å². The SMILES string of the molecule is CC(C)(C)c1cc(-c2ccc(F)cc2)nn2cc(C(=O)N3CCN(C(=O)c4cn(CC(=O)NCCOCCOCCC(=O)NC(CC(=O)O)C(N)=O)nn4)CC3(C)C)nc12. The van der Waals surface area contributed by atoms with Crippen molar-refractivity contribution in [2.75, 3.05) is 52.6 Å². The molecule has 1 saturated heterocycles. The number of amides is 5. The fourth-order valence-corrected chi connectivity index (χ4v) is 6.49. The van der Waals surface area contributed by atoms with E-state index in [0.29, 0.717) is 11.3 Å². The van der Waals surface area contributed by atoms with E-state index in [2.05, 4.69) is 20.9 Å². The predicted molar refractivity (Wildman–Crippen MR) is 211 cm³/mol. The van der Waals surface area contributed by atoms with Gasteiger partial charge in [0.15, 0.2) is 11.3 Å². The second kappa shape index (κ2) is 19.1. The molecule has 5 rings (SSSR count). The summed E-state index contributed by atoms with van der Waals surface area (Å²) in [6.07, 6.45) is 2.25. The molecule has 5 N–H and O–H groups in total. The molecule has 5 amide bonds. The zero-order valence-electron chi connectivity index (χ0n) is 34.1. The third-order valence-corrected chi connectivity index (χ3v) is 9.56. The number of carboxylic acid groups (broad SMARTS) is 1. The first kappa shape index (κ1) is 44.7. The van der Waals surface area contributed by atoms with Crippen molar-refractivity contribution in [2.24, 2.45) is 5.73 Å². The number of nitrogens with zero attached hydrogens (tertiary/aromatic N) is 8. The number of carboxylic acids is 1. The summed E-state index contributed by atoms with van der Waals surface area (Å²) < 4.78 is 27.2. The highest BCUT2D eigenvalue weighted by Crippen LogP contribution is 2.31. The lowest BCUT2D eigenvalue weighted by molar-refractivity contribution is -0.140. The summed E-state index contributed by atoms with van der Waals surface area (Å²) in [6.45, 7) is 11.0. The molecule has 0 radical (unpaired) electrons. The van der Waals surface area contributed by atoms with E-state index in [-0.39, 0.29) is 94.1 Å². The Morgan fingerprint density at radius 1 is 0.950 bits per heavy atom. The summed E-state index contributed by atoms with van der Waals surface area (Å²) in [5, 5.41) is 26.3. The van der Waals surface area contributed by atoms with Crippen LogP contribution >= 0.6 is 0 Å². The molecule has 3 aromatic heterocycles. The number of aliphatic carboxylic acids is 1. The maximum absolute atomic E-state index is 14.0. The Labute approximate surface area is 344 Å². The number of nitrogens with two attached hydrogens (primary N) is 1. The first-order valence-electron chi connectivity index (χ1n) is 19.2. The van der Waals surface area contributed by atoms with Gasteiger partial charge in [0.25, 0.3) is 11.8 Å². The number of carbonyl (C=O) groups is 6. The van der Waals surface area contributed by atoms with Gasteiger partial charge in [-0.2, -0.15) is 5.10 Å². The number of halogens is 1. The molecule has 60 heavy (non-hydrogen) atoms. The van der Waals surface area contributed by atoms with Crippen LogP contribution < -0.4 is 16.4 Å². The Bertz CT molecular complexity index is 2220. The molecule has 0 bridgehead atoms. The van der Waals surface area contributed by atoms with Crippen LogP contribution in [0.25, 0.3) is 16.9 Å². The van der Waals surface area contributed by atoms with Gasteiger partial charge in [-0.25, -0.2) is 18.6 Å². The zero-order valence-corrected chi connectivity index (χ0v) is 34.1. The predicted octanol–water partition coefficient (Wildman–Crippen LogP) is 0.786. The van der Waals surface area contributed by atoms with E-state index in [4.69, 9.17) is 30.4 Å². The van der Waals surface area contributed by atoms with Crippen molar-refractivity contribution in [3.63, 3.8) is 0 Å². The van der Waals surface area contributed by atoms with Crippen LogP contribution in [0.2, 0.25) is 0 Å². The molecule has 0 aliphatic carbocycles. The Balaban J connectivity index is 1.06. The molecule has 1 atom stereocenters. The van der Waals surface area contributed by atoms with Gasteiger partial charge in [-0.15, -0.1) is 5.10 Å². The van der Waals surface area contributed by atoms with Crippen LogP contribution in [0.3, 0.4) is 0 Å². The fraction of sp³-hybridized carbons (Fsp3) is 0.487. The van der Waals surface area contributed by atoms with Crippen LogP contribution in [0.5, 0.6) is 0 Å². The van der Waals surface area contributed by atoms with E-state index in [9.17, 15) is 33.2 Å². The standard InChI is InChI=1S/C39H50FN11O9/c1-38(2,3)26-18-27(24-6-8-25(40)9-7-24)46-51-21-29(44-35(26)51)37(58)50-13-12-48(23-39(50,4)5)36(57)30-20-49(47-45-30)22-32(53)42-11-15-60-17-16-59-14-10-31(52)43-28(34(41)56)19-33(54)55/h6-9,18,20-21,28H,10-17,19,22-23H2,1-5H3,(H2,41,56)(H,42,53)(H,43,52)(H,54,55). The van der Waals surface area contributed by atoms with Crippen LogP contribution in [-0.4, -0.2) is 144 Å². The molecule has 0 saturated carbocycles. The van der Waals surface area contributed by atoms with Gasteiger partial charge in [0.2, 0.25) is 17.7 Å². The molecule has 1 aliphatic heterocycles. The number of rotatable bonds is 18. The van der Waals surface area contributed by atoms with Gasteiger partial charge in [0.05, 0.1) is 56.5 Å². The lowest BCUT2D eigenvalue weighted by Crippen LogP contribution is -2.62. The summed E-state index contributed by atoms with van der Waals surface area (Å²) in [4.78, 5) is 81.9. The number of primary amides is 1. The van der Waals surface area contributed by atoms with E-state index in [1.54, 1.807) is 32.6 Å². The zero-order chi connectivity index (χ0) is 43.8. The van der Waals surface area contributed by atoms with E-state index in [1.807, 2.05) is 40.7 Å². The number of hydrogen-bond donors (Lipinski definition) is 4. The second-order valence-electron chi connectivity index (χ2n) is 15.8. The van der Waals surface area contributed by atoms with Crippen molar-refractivity contribution in [3.05, 3.63) is 65.5 Å². The molecule has 4 aromatic rings. The molecule has 322 valence electrons. The molecule has 1 aromatic carbocycles. The number of fused-ring (bicyclic) bond motifs is 1. The average Bonchev–Trinajstić information content (AvgIpc) is 3.83. The number of nitrogens with one attached hydrogen (secondary N) is 2. The monoisotopic (exact) mass is 835 g/mol. The number of piperazine rings is 1. The molecule has 4 heterocycles. The largest absolute Gasteiger partial charge is 0.481 e. The fourth-order valence-electron chi connectivity index (χ4n) is 6.49. The molecule has 20 nitrogen and oxygen atoms in total. The minimum absolute atomic E-state index is 0.00463. The van der Waals surface area contributed by atoms with Gasteiger partial charge in [0.1, 0.15) is 24.1 Å². The lowest BCUT2D eigenvalue weighted by atomic mass is 9.87. The van der Waals surface area contributed by atoms with E-state index in [1.165, 1.54) is 23.0 Å². The van der Waals surface area contributed by atoms with Crippen LogP contribution in [-0.2, 0) is 40.6 Å². The summed E-state index contributed by atoms with van der Waals surface area (Å²) in [5.74, 6) is -4.27. The third-order valence-electron chi connectivity index (χ3n) is 9.56. The summed E-state index contributed by atoms with van der Waals surface area (Å²) in [5.41, 5.74) is 6.94. The number of aromatic nitrogens is 6. The second-order valence-corrected chi connectivity index (χ2v) is 15.8. The lowest BCUT2D eigenvalue weighted by Gasteiger charge is -2.46. The minimum atomic E-state index is -1.31. The Hall–Kier alpha value is -6.35. The highest BCUT2D eigenvalue weighted by molar-refractivity contribution is 5.95. The minimum Gasteiger partial charge on any atom is -0.481 e. The molecule has 1 aliphatic rings. The van der Waals surface area contributed by atoms with Crippen LogP contribution in [0.4, 0.5) is 4.39 Å². The summed E-state index contributed by atoms with van der Waals surface area (Å²) in [6, 6.07) is 6.65. The van der Waals surface area contributed by atoms with E-state index in [0.717, 1.165) is 11.1 Å². The topological polar surface area (TPSA) is 259 Å². The number of benzene rings is 1. The Morgan fingerprint density at radius 3 is 2.30 bits per heavy atom. The molecular formula is C39H50FN11O9. The van der Waals surface area contributed by atoms with Crippen molar-refractivity contribution in [1.29, 1.82) is 0 Å². The summed E-state index contributed by atoms with van der Waals surface area (Å²) >= 11 is 0. The van der Waals surface area contributed by atoms with Crippen molar-refractivity contribution in [3.8, 4) is 11.3 Å². The van der Waals surface area contributed by atoms with Gasteiger partial charge in [0, 0.05) is 43.7 Å². The maximum Gasteiger partial charge on any atom is 0.305 e. The Morgan fingerprint density at radius 2 is 1.65 bits per heavy atom. The Kier molecular flexibility index (Phi) is 14.3. The van der Waals surface area contributed by atoms with Crippen molar-refractivity contribution in [1.82, 2.24) is 50.0 Å². The van der Waals surface area contributed by atoms with Gasteiger partial charge >= 0.3 is 5.97 Å². The molecule has 1 unspecified atom stereocenters. The quantitative estimate of drug-likeness (QED) is 0.101. The highest BCUT2D eigenvalue weighted by Gasteiger charge is 2.40. The first-order chi connectivity index (χ1) is 28.3. The van der Waals surface area contributed by atoms with Gasteiger partial charge in [-0.3, -0.25) is 28.8 Å². The first-order valence-corrected chi connectivity index (χ1v) is 19.2. The smallest absolute Gasteiger partial charge is 0.305 e. The molecular weight excluding hydrogens is 785 g/mol. The van der Waals surface area contributed by atoms with Crippen molar-refractivity contribution >= 4 is 41.2 Å². The number of imidazole rings is 1. The normalized spacial score (nSPS) is 14.5. The molecule has 21 heteroatoms. The number of ether oxygens (including phenoxy) is 2. The molecule has 0 spiro atoms. The van der Waals surface area contributed by atoms with Gasteiger partial charge < -0.3 is 40.7 Å². The number of hydrogen-bond acceptors (Lipinski definition) is 12. The van der Waals surface area contributed by atoms with Crippen LogP contribution in [0.15, 0.2) is 42.7 Å². The summed E-state index contributed by atoms with van der Waals surface area (Å²) in [7, 11) is 0. The van der Waals surface area contributed by atoms with E-state index >= 15 is 0 Å². The van der Waals surface area contributed by atoms with E-state index < -0.39 is 47.6 Å². The highest BCUT2D eigenvalue weighted by atomic mass is 19.1. The molecule has 1 fully saturated rings. The van der Waals surface area contributed by atoms with Crippen molar-refractivity contribution < 1.29 is 47.7 Å².